The molecule has 0 aliphatic carbocycles. The van der Waals surface area contributed by atoms with Gasteiger partial charge >= 0.3 is 10.4 Å². The topological polar surface area (TPSA) is 321 Å². The number of nitrogens with one attached hydrogen (secondary N) is 1. The number of carbonyl (C=O) groups excluding carboxylic acids is 1. The second kappa shape index (κ2) is 14.0. The highest BCUT2D eigenvalue weighted by molar-refractivity contribution is 7.80. The maximum atomic E-state index is 11.8. The minimum Gasteiger partial charge on any atom is -0.394 e. The fraction of sp³-hybridized carbons (Fsp3) is 0.950. The van der Waals surface area contributed by atoms with Gasteiger partial charge in [0.25, 0.3) is 0 Å². The smallest absolute Gasteiger partial charge is 0.394 e. The highest BCUT2D eigenvalue weighted by atomic mass is 32.3. The molecule has 240 valence electrons. The molecule has 41 heavy (non-hydrogen) atoms. The molecule has 20 nitrogen and oxygen atoms in total. The summed E-state index contributed by atoms with van der Waals surface area (Å²) in [5.74, 6) is -0.754. The Kier molecular flexibility index (Phi) is 11.7. The van der Waals surface area contributed by atoms with Crippen molar-refractivity contribution in [1.29, 1.82) is 0 Å². The summed E-state index contributed by atoms with van der Waals surface area (Å²) in [6.07, 6.45) is -25.3. The fourth-order valence-electron chi connectivity index (χ4n) is 4.60. The van der Waals surface area contributed by atoms with E-state index < -0.39 is 128 Å². The van der Waals surface area contributed by atoms with E-state index >= 15 is 0 Å². The van der Waals surface area contributed by atoms with Gasteiger partial charge in [0.05, 0.1) is 19.8 Å². The van der Waals surface area contributed by atoms with E-state index in [1.54, 1.807) is 0 Å². The maximum Gasteiger partial charge on any atom is 0.397 e. The van der Waals surface area contributed by atoms with Crippen LogP contribution in [0.25, 0.3) is 0 Å². The average molecular weight is 626 g/mol. The van der Waals surface area contributed by atoms with E-state index in [0.29, 0.717) is 0 Å². The van der Waals surface area contributed by atoms with Crippen LogP contribution in [0.5, 0.6) is 0 Å². The van der Waals surface area contributed by atoms with Crippen molar-refractivity contribution >= 4 is 16.3 Å². The lowest BCUT2D eigenvalue weighted by molar-refractivity contribution is -0.372. The summed E-state index contributed by atoms with van der Waals surface area (Å²) in [6.45, 7) is -1.73. The first-order valence-corrected chi connectivity index (χ1v) is 13.6. The zero-order chi connectivity index (χ0) is 30.8. The summed E-state index contributed by atoms with van der Waals surface area (Å²) >= 11 is 0. The van der Waals surface area contributed by atoms with Crippen molar-refractivity contribution in [2.75, 3.05) is 19.8 Å². The molecule has 3 heterocycles. The predicted molar refractivity (Wildman–Crippen MR) is 123 cm³/mol. The summed E-state index contributed by atoms with van der Waals surface area (Å²) in [5, 5.41) is 94.2. The molecular formula is C20H35NO19S. The van der Waals surface area contributed by atoms with E-state index in [1.807, 2.05) is 0 Å². The third kappa shape index (κ3) is 8.04. The van der Waals surface area contributed by atoms with E-state index in [2.05, 4.69) is 9.50 Å². The highest BCUT2D eigenvalue weighted by Crippen LogP contribution is 2.32. The molecule has 21 heteroatoms. The van der Waals surface area contributed by atoms with E-state index in [-0.39, 0.29) is 0 Å². The molecule has 0 unspecified atom stereocenters. The summed E-state index contributed by atoms with van der Waals surface area (Å²) in [4.78, 5) is 11.8. The molecule has 0 radical (unpaired) electrons. The summed E-state index contributed by atoms with van der Waals surface area (Å²) < 4.78 is 61.9. The van der Waals surface area contributed by atoms with Gasteiger partial charge in [0, 0.05) is 6.92 Å². The molecule has 15 atom stereocenters. The number of ether oxygens (including phenoxy) is 5. The molecule has 1 amide bonds. The van der Waals surface area contributed by atoms with Crippen LogP contribution in [-0.4, -0.2) is 177 Å². The molecule has 0 aromatic carbocycles. The quantitative estimate of drug-likeness (QED) is 0.100. The molecular weight excluding hydrogens is 590 g/mol. The highest BCUT2D eigenvalue weighted by Gasteiger charge is 2.54. The molecule has 3 aliphatic rings. The third-order valence-corrected chi connectivity index (χ3v) is 7.13. The van der Waals surface area contributed by atoms with Crippen LogP contribution < -0.4 is 5.32 Å². The first kappa shape index (κ1) is 34.3. The van der Waals surface area contributed by atoms with Crippen LogP contribution in [0.4, 0.5) is 0 Å². The lowest BCUT2D eigenvalue weighted by Crippen LogP contribution is -2.68. The van der Waals surface area contributed by atoms with Crippen molar-refractivity contribution in [3.8, 4) is 0 Å². The van der Waals surface area contributed by atoms with E-state index in [1.165, 1.54) is 0 Å². The van der Waals surface area contributed by atoms with Crippen molar-refractivity contribution in [2.24, 2.45) is 0 Å². The molecule has 0 spiro atoms. The Morgan fingerprint density at radius 3 is 1.88 bits per heavy atom. The van der Waals surface area contributed by atoms with Crippen molar-refractivity contribution in [1.82, 2.24) is 5.32 Å². The Balaban J connectivity index is 1.86. The average Bonchev–Trinajstić information content (AvgIpc) is 2.90. The van der Waals surface area contributed by atoms with Crippen molar-refractivity contribution in [3.05, 3.63) is 0 Å². The molecule has 3 saturated heterocycles. The van der Waals surface area contributed by atoms with Gasteiger partial charge in [-0.15, -0.1) is 0 Å². The summed E-state index contributed by atoms with van der Waals surface area (Å²) in [6, 6.07) is -1.59. The molecule has 0 aromatic heterocycles. The Bertz CT molecular complexity index is 970. The number of hydrogen-bond acceptors (Lipinski definition) is 18. The van der Waals surface area contributed by atoms with E-state index in [4.69, 9.17) is 28.2 Å². The first-order valence-electron chi connectivity index (χ1n) is 12.2. The van der Waals surface area contributed by atoms with Gasteiger partial charge < -0.3 is 75.0 Å². The van der Waals surface area contributed by atoms with Gasteiger partial charge in [-0.1, -0.05) is 0 Å². The van der Waals surface area contributed by atoms with Gasteiger partial charge in [-0.3, -0.25) is 9.35 Å². The van der Waals surface area contributed by atoms with Crippen LogP contribution in [0.15, 0.2) is 0 Å². The van der Waals surface area contributed by atoms with Crippen molar-refractivity contribution in [2.45, 2.75) is 99.0 Å². The molecule has 11 N–H and O–H groups in total. The Hall–Kier alpha value is -1.22. The van der Waals surface area contributed by atoms with Gasteiger partial charge in [0.1, 0.15) is 73.2 Å². The molecule has 0 aromatic rings. The van der Waals surface area contributed by atoms with E-state index in [0.717, 1.165) is 6.92 Å². The minimum atomic E-state index is -5.02. The first-order chi connectivity index (χ1) is 19.1. The van der Waals surface area contributed by atoms with Crippen molar-refractivity contribution < 1.29 is 91.6 Å². The Labute approximate surface area is 232 Å². The van der Waals surface area contributed by atoms with Crippen LogP contribution in [0.1, 0.15) is 6.92 Å². The zero-order valence-electron chi connectivity index (χ0n) is 21.3. The molecule has 3 rings (SSSR count). The standard InChI is InChI=1S/C20H35NO19S/c1-5(24)21-9-12(27)10(25)8(4-35-41(32,33)34)38-19(9)40-17-11(26)6(2-22)37-20(15(17)30)39-16-7(3-23)36-18(31)14(29)13(16)28/h6-20,22-23,25-31H,2-4H2,1H3,(H,21,24)(H,32,33,34)/t6-,7-,8-,9-,10-,11+,12-,13-,14-,15-,16-,17+,18-,19+,20+/m1/s1. The van der Waals surface area contributed by atoms with Crippen LogP contribution in [0, 0.1) is 0 Å². The second-order valence-electron chi connectivity index (χ2n) is 9.60. The van der Waals surface area contributed by atoms with Crippen molar-refractivity contribution in [3.63, 3.8) is 0 Å². The number of amides is 1. The Morgan fingerprint density at radius 2 is 1.32 bits per heavy atom. The fourth-order valence-corrected chi connectivity index (χ4v) is 4.90. The lowest BCUT2D eigenvalue weighted by atomic mass is 9.95. The van der Waals surface area contributed by atoms with Crippen LogP contribution >= 0.6 is 0 Å². The van der Waals surface area contributed by atoms with Gasteiger partial charge in [0.2, 0.25) is 5.91 Å². The number of aliphatic hydroxyl groups excluding tert-OH is 9. The second-order valence-corrected chi connectivity index (χ2v) is 10.7. The monoisotopic (exact) mass is 625 g/mol. The number of rotatable bonds is 10. The third-order valence-electron chi connectivity index (χ3n) is 6.70. The zero-order valence-corrected chi connectivity index (χ0v) is 22.2. The SMILES string of the molecule is CC(=O)N[C@H]1[C@H](O[C@H]2[C@@H](O)[C@@H](CO)O[C@@H](O[C@H]3[C@H](O)[C@@H](O)[C@H](O)O[C@@H]3CO)[C@@H]2O)O[C@H](COS(=O)(=O)O)[C@@H](O)[C@@H]1O. The summed E-state index contributed by atoms with van der Waals surface area (Å²) in [7, 11) is -5.02. The van der Waals surface area contributed by atoms with E-state index in [9.17, 15) is 59.2 Å². The largest absolute Gasteiger partial charge is 0.397 e. The molecule has 3 fully saturated rings. The number of carbonyl (C=O) groups is 1. The van der Waals surface area contributed by atoms with Gasteiger partial charge in [-0.2, -0.15) is 8.42 Å². The molecule has 0 bridgehead atoms. The minimum absolute atomic E-state index is 0.754. The number of aliphatic hydroxyl groups is 9. The normalized spacial score (nSPS) is 45.8. The van der Waals surface area contributed by atoms with Gasteiger partial charge in [-0.05, 0) is 0 Å². The predicted octanol–water partition coefficient (Wildman–Crippen LogP) is -7.60. The maximum absolute atomic E-state index is 11.8. The Morgan fingerprint density at radius 1 is 0.732 bits per heavy atom. The summed E-state index contributed by atoms with van der Waals surface area (Å²) in [5.41, 5.74) is 0. The van der Waals surface area contributed by atoms with Gasteiger partial charge in [-0.25, -0.2) is 4.18 Å². The lowest BCUT2D eigenvalue weighted by Gasteiger charge is -2.48. The van der Waals surface area contributed by atoms with Crippen LogP contribution in [0.3, 0.4) is 0 Å². The van der Waals surface area contributed by atoms with Gasteiger partial charge in [0.15, 0.2) is 18.9 Å². The number of hydrogen-bond donors (Lipinski definition) is 11. The molecule has 3 aliphatic heterocycles. The molecule has 0 saturated carbocycles. The van der Waals surface area contributed by atoms with Crippen LogP contribution in [0.2, 0.25) is 0 Å². The van der Waals surface area contributed by atoms with Crippen LogP contribution in [-0.2, 0) is 43.1 Å².